The summed E-state index contributed by atoms with van der Waals surface area (Å²) in [6.07, 6.45) is 1.20. The fourth-order valence-corrected chi connectivity index (χ4v) is 2.53. The average Bonchev–Trinajstić information content (AvgIpc) is 2.26. The highest BCUT2D eigenvalue weighted by Crippen LogP contribution is 2.28. The third-order valence-electron chi connectivity index (χ3n) is 2.92. The van der Waals surface area contributed by atoms with Gasteiger partial charge in [0.1, 0.15) is 0 Å². The second-order valence-electron chi connectivity index (χ2n) is 4.36. The largest absolute Gasteiger partial charge is 0.372 e. The van der Waals surface area contributed by atoms with E-state index in [0.29, 0.717) is 0 Å². The van der Waals surface area contributed by atoms with Gasteiger partial charge < -0.3 is 9.80 Å². The Balaban J connectivity index is 2.51. The highest BCUT2D eigenvalue weighted by Gasteiger charge is 2.14. The zero-order valence-electron chi connectivity index (χ0n) is 10.5. The molecule has 0 saturated carbocycles. The fraction of sp³-hybridized carbons (Fsp3) is 0.667. The van der Waals surface area contributed by atoms with Gasteiger partial charge in [-0.3, -0.25) is 0 Å². The topological polar surface area (TPSA) is 6.48 Å². The van der Waals surface area contributed by atoms with Gasteiger partial charge in [0.2, 0.25) is 0 Å². The highest BCUT2D eigenvalue weighted by molar-refractivity contribution is 7.74. The van der Waals surface area contributed by atoms with Crippen molar-refractivity contribution in [2.75, 3.05) is 38.6 Å². The van der Waals surface area contributed by atoms with E-state index in [2.05, 4.69) is 37.7 Å². The Morgan fingerprint density at radius 2 is 1.62 bits per heavy atom. The summed E-state index contributed by atoms with van der Waals surface area (Å²) >= 11 is 10.4. The van der Waals surface area contributed by atoms with Crippen LogP contribution in [0.15, 0.2) is 0 Å². The molecule has 0 heterocycles. The van der Waals surface area contributed by atoms with Crippen LogP contribution in [-0.2, 0) is 0 Å². The molecule has 2 nitrogen and oxygen atoms in total. The van der Waals surface area contributed by atoms with Gasteiger partial charge in [-0.2, -0.15) is 0 Å². The molecule has 0 spiro atoms. The maximum Gasteiger partial charge on any atom is 0.0797 e. The van der Waals surface area contributed by atoms with Crippen molar-refractivity contribution in [1.29, 1.82) is 0 Å². The molecule has 16 heavy (non-hydrogen) atoms. The molecular formula is C12H20N2S2. The molecule has 0 aliphatic heterocycles. The summed E-state index contributed by atoms with van der Waals surface area (Å²) in [5.74, 6) is 0. The summed E-state index contributed by atoms with van der Waals surface area (Å²) in [6, 6.07) is 0. The monoisotopic (exact) mass is 256 g/mol. The summed E-state index contributed by atoms with van der Waals surface area (Å²) in [4.78, 5) is 4.56. The van der Waals surface area contributed by atoms with Crippen LogP contribution < -0.4 is 4.90 Å². The van der Waals surface area contributed by atoms with Gasteiger partial charge in [0.15, 0.2) is 0 Å². The van der Waals surface area contributed by atoms with Crippen molar-refractivity contribution in [2.45, 2.75) is 20.3 Å². The molecular weight excluding hydrogens is 236 g/mol. The normalized spacial score (nSPS) is 11.3. The molecule has 90 valence electrons. The van der Waals surface area contributed by atoms with Crippen molar-refractivity contribution in [2.24, 2.45) is 0 Å². The minimum absolute atomic E-state index is 0.869. The lowest BCUT2D eigenvalue weighted by Crippen LogP contribution is -2.32. The molecule has 0 aliphatic carbocycles. The number of nitrogens with zero attached hydrogens (tertiary/aromatic N) is 2. The summed E-state index contributed by atoms with van der Waals surface area (Å²) in [5.41, 5.74) is 2.35. The first-order valence-electron chi connectivity index (χ1n) is 5.68. The van der Waals surface area contributed by atoms with Crippen LogP contribution in [0.3, 0.4) is 0 Å². The molecule has 0 fully saturated rings. The third-order valence-corrected chi connectivity index (χ3v) is 3.96. The first-order valence-corrected chi connectivity index (χ1v) is 6.50. The van der Waals surface area contributed by atoms with Gasteiger partial charge in [-0.15, -0.1) is 0 Å². The Labute approximate surface area is 109 Å². The number of rotatable bonds is 6. The Bertz CT molecular complexity index is 419. The summed E-state index contributed by atoms with van der Waals surface area (Å²) < 4.78 is 1.74. The van der Waals surface area contributed by atoms with Crippen LogP contribution in [0.25, 0.3) is 0 Å². The smallest absolute Gasteiger partial charge is 0.0797 e. The summed E-state index contributed by atoms with van der Waals surface area (Å²) in [5, 5.41) is 0. The van der Waals surface area contributed by atoms with Gasteiger partial charge in [0, 0.05) is 20.1 Å². The molecule has 1 rings (SSSR count). The van der Waals surface area contributed by atoms with Gasteiger partial charge in [0.05, 0.1) is 14.7 Å². The molecule has 0 bridgehead atoms. The Morgan fingerprint density at radius 3 is 2.12 bits per heavy atom. The molecule has 0 saturated heterocycles. The van der Waals surface area contributed by atoms with Crippen LogP contribution in [0.2, 0.25) is 0 Å². The van der Waals surface area contributed by atoms with Crippen molar-refractivity contribution in [3.63, 3.8) is 0 Å². The lowest BCUT2D eigenvalue weighted by atomic mass is 10.1. The van der Waals surface area contributed by atoms with Crippen molar-refractivity contribution < 1.29 is 0 Å². The van der Waals surface area contributed by atoms with E-state index in [0.717, 1.165) is 28.7 Å². The first-order chi connectivity index (χ1) is 7.49. The number of anilines is 1. The molecule has 0 radical (unpaired) electrons. The predicted octanol–water partition coefficient (Wildman–Crippen LogP) is 3.11. The second kappa shape index (κ2) is 5.84. The standard InChI is InChI=1S/C12H20N2S2/c1-5-6-13(3)7-8-14(4)10-9(2)11(15)12(10)16/h5-8H2,1-4H3. The lowest BCUT2D eigenvalue weighted by Gasteiger charge is -2.26. The fourth-order valence-electron chi connectivity index (χ4n) is 1.88. The maximum absolute atomic E-state index is 5.26. The number of hydrogen-bond donors (Lipinski definition) is 0. The first kappa shape index (κ1) is 13.7. The molecule has 0 N–H and O–H groups in total. The SMILES string of the molecule is CCCN(C)CCN(C)c1c(C)c(=S)c1=S. The van der Waals surface area contributed by atoms with Crippen molar-refractivity contribution in [3.05, 3.63) is 14.6 Å². The van der Waals surface area contributed by atoms with Gasteiger partial charge in [-0.1, -0.05) is 31.4 Å². The highest BCUT2D eigenvalue weighted by atomic mass is 32.1. The van der Waals surface area contributed by atoms with Gasteiger partial charge >= 0.3 is 0 Å². The van der Waals surface area contributed by atoms with Crippen molar-refractivity contribution in [3.8, 4) is 0 Å². The van der Waals surface area contributed by atoms with Crippen molar-refractivity contribution in [1.82, 2.24) is 4.90 Å². The van der Waals surface area contributed by atoms with E-state index in [1.165, 1.54) is 17.7 Å². The van der Waals surface area contributed by atoms with E-state index < -0.39 is 0 Å². The summed E-state index contributed by atoms with van der Waals surface area (Å²) in [7, 11) is 4.25. The van der Waals surface area contributed by atoms with E-state index in [9.17, 15) is 0 Å². The molecule has 0 aliphatic rings. The maximum atomic E-state index is 5.26. The predicted molar refractivity (Wildman–Crippen MR) is 76.3 cm³/mol. The van der Waals surface area contributed by atoms with Crippen LogP contribution in [0.1, 0.15) is 18.9 Å². The molecule has 1 aromatic rings. The van der Waals surface area contributed by atoms with Gasteiger partial charge in [-0.05, 0) is 32.5 Å². The molecule has 1 aromatic carbocycles. The van der Waals surface area contributed by atoms with Crippen LogP contribution in [0.4, 0.5) is 5.69 Å². The Kier molecular flexibility index (Phi) is 5.02. The van der Waals surface area contributed by atoms with Crippen LogP contribution >= 0.6 is 24.4 Å². The van der Waals surface area contributed by atoms with Gasteiger partial charge in [-0.25, -0.2) is 0 Å². The third kappa shape index (κ3) is 2.87. The average molecular weight is 256 g/mol. The van der Waals surface area contributed by atoms with Gasteiger partial charge in [0.25, 0.3) is 0 Å². The van der Waals surface area contributed by atoms with Crippen LogP contribution in [0, 0.1) is 15.9 Å². The van der Waals surface area contributed by atoms with E-state index in [1.807, 2.05) is 0 Å². The van der Waals surface area contributed by atoms with E-state index in [1.54, 1.807) is 0 Å². The minimum Gasteiger partial charge on any atom is -0.372 e. The number of hydrogen-bond acceptors (Lipinski definition) is 4. The Hall–Kier alpha value is -0.320. The van der Waals surface area contributed by atoms with E-state index in [-0.39, 0.29) is 0 Å². The van der Waals surface area contributed by atoms with Crippen LogP contribution in [0.5, 0.6) is 0 Å². The molecule has 0 amide bonds. The lowest BCUT2D eigenvalue weighted by molar-refractivity contribution is 0.342. The molecule has 0 atom stereocenters. The molecule has 0 aromatic heterocycles. The summed E-state index contributed by atoms with van der Waals surface area (Å²) in [6.45, 7) is 7.48. The zero-order chi connectivity index (χ0) is 12.3. The van der Waals surface area contributed by atoms with E-state index >= 15 is 0 Å². The zero-order valence-corrected chi connectivity index (χ0v) is 12.2. The molecule has 0 unspecified atom stereocenters. The minimum atomic E-state index is 0.869. The van der Waals surface area contributed by atoms with Crippen LogP contribution in [-0.4, -0.2) is 38.6 Å². The molecule has 4 heteroatoms. The van der Waals surface area contributed by atoms with E-state index in [4.69, 9.17) is 24.4 Å². The second-order valence-corrected chi connectivity index (χ2v) is 5.17. The Morgan fingerprint density at radius 1 is 1.00 bits per heavy atom. The number of likely N-dealkylation sites (N-methyl/N-ethyl adjacent to an activating group) is 2. The van der Waals surface area contributed by atoms with Crippen molar-refractivity contribution >= 4 is 30.1 Å². The quantitative estimate of drug-likeness (QED) is 0.721.